The summed E-state index contributed by atoms with van der Waals surface area (Å²) in [6.45, 7) is 5.42. The summed E-state index contributed by atoms with van der Waals surface area (Å²) < 4.78 is 5.18. The highest BCUT2D eigenvalue weighted by Crippen LogP contribution is 2.24. The summed E-state index contributed by atoms with van der Waals surface area (Å²) in [6, 6.07) is 8.72. The molecule has 138 valence electrons. The Morgan fingerprint density at radius 1 is 1.12 bits per heavy atom. The summed E-state index contributed by atoms with van der Waals surface area (Å²) in [5, 5.41) is 0. The van der Waals surface area contributed by atoms with Gasteiger partial charge in [0.2, 0.25) is 5.91 Å². The SMILES string of the molecule is COc1ccc(CN(C)C(=O)CN2CCN(C3CCCC3)CC2)cc1. The Kier molecular flexibility index (Phi) is 6.32. The van der Waals surface area contributed by atoms with Crippen LogP contribution in [0.1, 0.15) is 31.2 Å². The van der Waals surface area contributed by atoms with Gasteiger partial charge in [0.15, 0.2) is 0 Å². The molecule has 25 heavy (non-hydrogen) atoms. The van der Waals surface area contributed by atoms with E-state index in [2.05, 4.69) is 9.80 Å². The second-order valence-corrected chi connectivity index (χ2v) is 7.35. The van der Waals surface area contributed by atoms with Gasteiger partial charge in [-0.1, -0.05) is 25.0 Å². The largest absolute Gasteiger partial charge is 0.497 e. The maximum atomic E-state index is 12.5. The fourth-order valence-corrected chi connectivity index (χ4v) is 3.96. The highest BCUT2D eigenvalue weighted by Gasteiger charge is 2.27. The monoisotopic (exact) mass is 345 g/mol. The van der Waals surface area contributed by atoms with Gasteiger partial charge in [0, 0.05) is 45.8 Å². The van der Waals surface area contributed by atoms with Crippen LogP contribution in [-0.2, 0) is 11.3 Å². The zero-order valence-corrected chi connectivity index (χ0v) is 15.6. The molecule has 0 atom stereocenters. The van der Waals surface area contributed by atoms with E-state index in [1.54, 1.807) is 7.11 Å². The first-order valence-corrected chi connectivity index (χ1v) is 9.49. The van der Waals surface area contributed by atoms with E-state index in [4.69, 9.17) is 4.74 Å². The van der Waals surface area contributed by atoms with Gasteiger partial charge >= 0.3 is 0 Å². The summed E-state index contributed by atoms with van der Waals surface area (Å²) in [5.74, 6) is 1.04. The van der Waals surface area contributed by atoms with Crippen molar-refractivity contribution in [2.45, 2.75) is 38.3 Å². The first-order valence-electron chi connectivity index (χ1n) is 9.49. The van der Waals surface area contributed by atoms with E-state index in [1.807, 2.05) is 36.2 Å². The molecule has 0 spiro atoms. The maximum absolute atomic E-state index is 12.5. The molecule has 1 saturated carbocycles. The minimum atomic E-state index is 0.199. The molecular formula is C20H31N3O2. The van der Waals surface area contributed by atoms with Gasteiger partial charge in [0.1, 0.15) is 5.75 Å². The van der Waals surface area contributed by atoms with Crippen LogP contribution in [0.25, 0.3) is 0 Å². The number of carbonyl (C=O) groups is 1. The van der Waals surface area contributed by atoms with Crippen molar-refractivity contribution in [3.05, 3.63) is 29.8 Å². The van der Waals surface area contributed by atoms with Crippen LogP contribution in [-0.4, -0.2) is 73.5 Å². The topological polar surface area (TPSA) is 36.0 Å². The fourth-order valence-electron chi connectivity index (χ4n) is 3.96. The summed E-state index contributed by atoms with van der Waals surface area (Å²) in [6.07, 6.45) is 5.51. The molecule has 1 aromatic carbocycles. The molecule has 2 aliphatic rings. The molecule has 1 aromatic rings. The Bertz CT molecular complexity index is 547. The lowest BCUT2D eigenvalue weighted by molar-refractivity contribution is -0.132. The maximum Gasteiger partial charge on any atom is 0.236 e. The van der Waals surface area contributed by atoms with Crippen LogP contribution < -0.4 is 4.74 Å². The molecule has 2 fully saturated rings. The Morgan fingerprint density at radius 3 is 2.36 bits per heavy atom. The van der Waals surface area contributed by atoms with Crippen molar-refractivity contribution in [2.75, 3.05) is 46.9 Å². The lowest BCUT2D eigenvalue weighted by Gasteiger charge is -2.38. The van der Waals surface area contributed by atoms with Gasteiger partial charge in [-0.2, -0.15) is 0 Å². The van der Waals surface area contributed by atoms with Crippen molar-refractivity contribution in [1.82, 2.24) is 14.7 Å². The number of nitrogens with zero attached hydrogens (tertiary/aromatic N) is 3. The molecule has 0 radical (unpaired) electrons. The smallest absolute Gasteiger partial charge is 0.236 e. The number of rotatable bonds is 6. The fraction of sp³-hybridized carbons (Fsp3) is 0.650. The van der Waals surface area contributed by atoms with Gasteiger partial charge in [-0.05, 0) is 30.5 Å². The molecule has 1 heterocycles. The molecule has 1 aliphatic heterocycles. The van der Waals surface area contributed by atoms with E-state index in [1.165, 1.54) is 25.7 Å². The number of carbonyl (C=O) groups excluding carboxylic acids is 1. The third-order valence-corrected chi connectivity index (χ3v) is 5.61. The molecule has 0 bridgehead atoms. The highest BCUT2D eigenvalue weighted by atomic mass is 16.5. The average molecular weight is 345 g/mol. The molecule has 0 N–H and O–H groups in total. The summed E-state index contributed by atoms with van der Waals surface area (Å²) in [5.41, 5.74) is 1.13. The average Bonchev–Trinajstić information content (AvgIpc) is 3.17. The van der Waals surface area contributed by atoms with Crippen molar-refractivity contribution in [2.24, 2.45) is 0 Å². The number of methoxy groups -OCH3 is 1. The van der Waals surface area contributed by atoms with Crippen molar-refractivity contribution >= 4 is 5.91 Å². The van der Waals surface area contributed by atoms with E-state index >= 15 is 0 Å². The molecule has 5 heteroatoms. The van der Waals surface area contributed by atoms with E-state index in [0.29, 0.717) is 13.1 Å². The van der Waals surface area contributed by atoms with Gasteiger partial charge in [-0.25, -0.2) is 0 Å². The molecule has 0 unspecified atom stereocenters. The zero-order valence-electron chi connectivity index (χ0n) is 15.6. The van der Waals surface area contributed by atoms with Crippen molar-refractivity contribution < 1.29 is 9.53 Å². The Hall–Kier alpha value is -1.59. The quantitative estimate of drug-likeness (QED) is 0.792. The Morgan fingerprint density at radius 2 is 1.76 bits per heavy atom. The normalized spacial score (nSPS) is 19.9. The van der Waals surface area contributed by atoms with Gasteiger partial charge in [-0.15, -0.1) is 0 Å². The number of likely N-dealkylation sites (N-methyl/N-ethyl adjacent to an activating group) is 1. The number of hydrogen-bond donors (Lipinski definition) is 0. The van der Waals surface area contributed by atoms with Gasteiger partial charge in [-0.3, -0.25) is 14.6 Å². The van der Waals surface area contributed by atoms with Crippen LogP contribution in [0.15, 0.2) is 24.3 Å². The standard InChI is InChI=1S/C20H31N3O2/c1-21(15-17-7-9-19(25-2)10-8-17)20(24)16-22-11-13-23(14-12-22)18-5-3-4-6-18/h7-10,18H,3-6,11-16H2,1-2H3. The van der Waals surface area contributed by atoms with E-state index in [0.717, 1.165) is 43.5 Å². The Labute approximate surface area is 151 Å². The summed E-state index contributed by atoms with van der Waals surface area (Å²) in [7, 11) is 3.55. The van der Waals surface area contributed by atoms with Crippen LogP contribution in [0.4, 0.5) is 0 Å². The number of hydrogen-bond acceptors (Lipinski definition) is 4. The van der Waals surface area contributed by atoms with Crippen LogP contribution in [0.3, 0.4) is 0 Å². The van der Waals surface area contributed by atoms with Crippen LogP contribution in [0, 0.1) is 0 Å². The van der Waals surface area contributed by atoms with Gasteiger partial charge in [0.05, 0.1) is 13.7 Å². The number of ether oxygens (including phenoxy) is 1. The lowest BCUT2D eigenvalue weighted by Crippen LogP contribution is -2.51. The third kappa shape index (κ3) is 4.95. The first-order chi connectivity index (χ1) is 12.2. The molecule has 3 rings (SSSR count). The van der Waals surface area contributed by atoms with E-state index in [9.17, 15) is 4.79 Å². The molecule has 1 saturated heterocycles. The third-order valence-electron chi connectivity index (χ3n) is 5.61. The molecule has 1 amide bonds. The minimum absolute atomic E-state index is 0.199. The van der Waals surface area contributed by atoms with Crippen molar-refractivity contribution in [3.8, 4) is 5.75 Å². The molecule has 5 nitrogen and oxygen atoms in total. The number of amides is 1. The predicted octanol–water partition coefficient (Wildman–Crippen LogP) is 2.21. The van der Waals surface area contributed by atoms with Gasteiger partial charge < -0.3 is 9.64 Å². The molecular weight excluding hydrogens is 314 g/mol. The number of piperazine rings is 1. The summed E-state index contributed by atoms with van der Waals surface area (Å²) >= 11 is 0. The second kappa shape index (κ2) is 8.68. The van der Waals surface area contributed by atoms with Crippen molar-refractivity contribution in [1.29, 1.82) is 0 Å². The highest BCUT2D eigenvalue weighted by molar-refractivity contribution is 5.78. The van der Waals surface area contributed by atoms with Gasteiger partial charge in [0.25, 0.3) is 0 Å². The molecule has 0 aromatic heterocycles. The molecule has 1 aliphatic carbocycles. The van der Waals surface area contributed by atoms with E-state index in [-0.39, 0.29) is 5.91 Å². The predicted molar refractivity (Wildman–Crippen MR) is 99.7 cm³/mol. The van der Waals surface area contributed by atoms with Crippen LogP contribution >= 0.6 is 0 Å². The van der Waals surface area contributed by atoms with Crippen LogP contribution in [0.5, 0.6) is 5.75 Å². The van der Waals surface area contributed by atoms with E-state index < -0.39 is 0 Å². The minimum Gasteiger partial charge on any atom is -0.497 e. The number of benzene rings is 1. The lowest BCUT2D eigenvalue weighted by atomic mass is 10.2. The van der Waals surface area contributed by atoms with Crippen molar-refractivity contribution in [3.63, 3.8) is 0 Å². The zero-order chi connectivity index (χ0) is 17.6. The second-order valence-electron chi connectivity index (χ2n) is 7.35. The van der Waals surface area contributed by atoms with Crippen LogP contribution in [0.2, 0.25) is 0 Å². The summed E-state index contributed by atoms with van der Waals surface area (Å²) in [4.78, 5) is 19.3. The Balaban J connectivity index is 1.42. The first kappa shape index (κ1) is 18.2.